The highest BCUT2D eigenvalue weighted by Crippen LogP contribution is 2.24. The van der Waals surface area contributed by atoms with Crippen LogP contribution in [0.3, 0.4) is 0 Å². The number of aliphatic hydroxyl groups is 3. The monoisotopic (exact) mass is 221 g/mol. The first kappa shape index (κ1) is 14.8. The number of aliphatic hydroxyl groups excluding tert-OH is 3. The van der Waals surface area contributed by atoms with Gasteiger partial charge in [-0.25, -0.2) is 0 Å². The molecule has 0 bridgehead atoms. The Labute approximate surface area is 90.7 Å². The van der Waals surface area contributed by atoms with Crippen LogP contribution in [-0.4, -0.2) is 45.9 Å². The maximum absolute atomic E-state index is 9.16. The summed E-state index contributed by atoms with van der Waals surface area (Å²) in [5.41, 5.74) is 1.81. The molecule has 5 heteroatoms. The number of rotatable bonds is 10. The highest BCUT2D eigenvalue weighted by molar-refractivity contribution is 4.84. The molecule has 0 saturated heterocycles. The van der Waals surface area contributed by atoms with E-state index in [4.69, 9.17) is 20.5 Å². The van der Waals surface area contributed by atoms with E-state index in [2.05, 4.69) is 5.48 Å². The van der Waals surface area contributed by atoms with Crippen molar-refractivity contribution in [1.29, 1.82) is 0 Å². The van der Waals surface area contributed by atoms with Crippen molar-refractivity contribution >= 4 is 0 Å². The van der Waals surface area contributed by atoms with Crippen molar-refractivity contribution < 1.29 is 20.5 Å². The topological polar surface area (TPSA) is 93.0 Å². The lowest BCUT2D eigenvalue weighted by Gasteiger charge is -2.32. The van der Waals surface area contributed by atoms with E-state index in [1.165, 1.54) is 0 Å². The fraction of sp³-hybridized carbons (Fsp3) is 1.00. The Morgan fingerprint density at radius 3 is 1.27 bits per heavy atom. The van der Waals surface area contributed by atoms with Gasteiger partial charge in [-0.05, 0) is 38.5 Å². The molecular weight excluding hydrogens is 198 g/mol. The maximum Gasteiger partial charge on any atom is 0.0432 e. The van der Waals surface area contributed by atoms with Crippen molar-refractivity contribution in [2.75, 3.05) is 19.8 Å². The van der Waals surface area contributed by atoms with Gasteiger partial charge in [0, 0.05) is 25.4 Å². The summed E-state index contributed by atoms with van der Waals surface area (Å²) in [6, 6.07) is 0. The molecule has 5 N–H and O–H groups in total. The second kappa shape index (κ2) is 9.06. The predicted octanol–water partition coefficient (Wildman–Crippen LogP) is 0.0215. The number of hydrogen-bond acceptors (Lipinski definition) is 5. The Balaban J connectivity index is 4.16. The molecule has 0 saturated carbocycles. The molecule has 0 aliphatic heterocycles. The molecule has 0 unspecified atom stereocenters. The van der Waals surface area contributed by atoms with Gasteiger partial charge < -0.3 is 20.5 Å². The van der Waals surface area contributed by atoms with Crippen molar-refractivity contribution in [3.63, 3.8) is 0 Å². The van der Waals surface area contributed by atoms with Crippen LogP contribution < -0.4 is 5.48 Å². The zero-order chi connectivity index (χ0) is 11.6. The van der Waals surface area contributed by atoms with Crippen molar-refractivity contribution in [3.05, 3.63) is 0 Å². The normalized spacial score (nSPS) is 12.0. The van der Waals surface area contributed by atoms with Crippen LogP contribution in [0, 0.1) is 0 Å². The van der Waals surface area contributed by atoms with Crippen LogP contribution in [-0.2, 0) is 0 Å². The third kappa shape index (κ3) is 6.06. The SMILES string of the molecule is OCCCC(CCCO)(CCCO)NO. The quantitative estimate of drug-likeness (QED) is 0.335. The molecule has 0 spiro atoms. The Hall–Kier alpha value is -0.200. The summed E-state index contributed by atoms with van der Waals surface area (Å²) in [5.74, 6) is 0. The van der Waals surface area contributed by atoms with Crippen molar-refractivity contribution in [2.45, 2.75) is 44.1 Å². The van der Waals surface area contributed by atoms with E-state index in [-0.39, 0.29) is 19.8 Å². The van der Waals surface area contributed by atoms with Crippen LogP contribution in [0.5, 0.6) is 0 Å². The summed E-state index contributed by atoms with van der Waals surface area (Å²) in [5, 5.41) is 35.5. The van der Waals surface area contributed by atoms with Crippen molar-refractivity contribution in [3.8, 4) is 0 Å². The van der Waals surface area contributed by atoms with Crippen molar-refractivity contribution in [2.24, 2.45) is 0 Å². The molecule has 0 aromatic rings. The molecule has 0 aliphatic carbocycles. The van der Waals surface area contributed by atoms with E-state index in [1.807, 2.05) is 0 Å². The maximum atomic E-state index is 9.16. The third-order valence-electron chi connectivity index (χ3n) is 2.68. The molecular formula is C10H23NO4. The largest absolute Gasteiger partial charge is 0.396 e. The van der Waals surface area contributed by atoms with E-state index < -0.39 is 5.54 Å². The van der Waals surface area contributed by atoms with Gasteiger partial charge in [-0.1, -0.05) is 0 Å². The molecule has 0 aromatic heterocycles. The van der Waals surface area contributed by atoms with Gasteiger partial charge in [0.05, 0.1) is 0 Å². The van der Waals surface area contributed by atoms with E-state index in [9.17, 15) is 0 Å². The summed E-state index contributed by atoms with van der Waals surface area (Å²) < 4.78 is 0. The van der Waals surface area contributed by atoms with E-state index in [0.29, 0.717) is 38.5 Å². The van der Waals surface area contributed by atoms with Gasteiger partial charge in [-0.15, -0.1) is 0 Å². The number of hydroxylamine groups is 1. The molecule has 15 heavy (non-hydrogen) atoms. The fourth-order valence-corrected chi connectivity index (χ4v) is 1.80. The molecule has 0 radical (unpaired) electrons. The minimum absolute atomic E-state index is 0.0850. The van der Waals surface area contributed by atoms with E-state index in [0.717, 1.165) is 0 Å². The average Bonchev–Trinajstić information content (AvgIpc) is 2.29. The Morgan fingerprint density at radius 1 is 0.733 bits per heavy atom. The smallest absolute Gasteiger partial charge is 0.0432 e. The molecule has 0 atom stereocenters. The van der Waals surface area contributed by atoms with Gasteiger partial charge in [-0.3, -0.25) is 0 Å². The molecule has 0 heterocycles. The second-order valence-corrected chi connectivity index (χ2v) is 3.87. The Morgan fingerprint density at radius 2 is 1.07 bits per heavy atom. The van der Waals surface area contributed by atoms with Crippen LogP contribution >= 0.6 is 0 Å². The van der Waals surface area contributed by atoms with Gasteiger partial charge in [0.15, 0.2) is 0 Å². The van der Waals surface area contributed by atoms with Gasteiger partial charge in [0.1, 0.15) is 0 Å². The molecule has 5 nitrogen and oxygen atoms in total. The first-order chi connectivity index (χ1) is 7.24. The standard InChI is InChI=1S/C10H23NO4/c12-7-1-4-10(11-15,5-2-8-13)6-3-9-14/h11-15H,1-9H2. The zero-order valence-corrected chi connectivity index (χ0v) is 9.15. The van der Waals surface area contributed by atoms with Gasteiger partial charge in [0.25, 0.3) is 0 Å². The molecule has 0 amide bonds. The fourth-order valence-electron chi connectivity index (χ4n) is 1.80. The predicted molar refractivity (Wildman–Crippen MR) is 56.6 cm³/mol. The molecule has 92 valence electrons. The summed E-state index contributed by atoms with van der Waals surface area (Å²) in [6.45, 7) is 0.255. The third-order valence-corrected chi connectivity index (χ3v) is 2.68. The summed E-state index contributed by atoms with van der Waals surface area (Å²) in [4.78, 5) is 0. The van der Waals surface area contributed by atoms with Crippen LogP contribution in [0.2, 0.25) is 0 Å². The lowest BCUT2D eigenvalue weighted by molar-refractivity contribution is 0.0312. The average molecular weight is 221 g/mol. The highest BCUT2D eigenvalue weighted by atomic mass is 16.5. The molecule has 0 rings (SSSR count). The summed E-state index contributed by atoms with van der Waals surface area (Å²) in [6.07, 6.45) is 3.72. The second-order valence-electron chi connectivity index (χ2n) is 3.87. The van der Waals surface area contributed by atoms with Gasteiger partial charge in [0.2, 0.25) is 0 Å². The van der Waals surface area contributed by atoms with Gasteiger partial charge >= 0.3 is 0 Å². The van der Waals surface area contributed by atoms with Crippen molar-refractivity contribution in [1.82, 2.24) is 5.48 Å². The van der Waals surface area contributed by atoms with Crippen LogP contribution in [0.25, 0.3) is 0 Å². The first-order valence-electron chi connectivity index (χ1n) is 5.48. The lowest BCUT2D eigenvalue weighted by atomic mass is 9.85. The van der Waals surface area contributed by atoms with Crippen LogP contribution in [0.4, 0.5) is 0 Å². The Kier molecular flexibility index (Phi) is 8.94. The Bertz CT molecular complexity index is 122. The highest BCUT2D eigenvalue weighted by Gasteiger charge is 2.27. The van der Waals surface area contributed by atoms with Crippen LogP contribution in [0.1, 0.15) is 38.5 Å². The summed E-state index contributed by atoms with van der Waals surface area (Å²) in [7, 11) is 0. The molecule has 0 aliphatic rings. The van der Waals surface area contributed by atoms with Crippen LogP contribution in [0.15, 0.2) is 0 Å². The molecule has 0 aromatic carbocycles. The van der Waals surface area contributed by atoms with E-state index >= 15 is 0 Å². The molecule has 0 fully saturated rings. The van der Waals surface area contributed by atoms with E-state index in [1.54, 1.807) is 0 Å². The summed E-state index contributed by atoms with van der Waals surface area (Å²) >= 11 is 0. The minimum Gasteiger partial charge on any atom is -0.396 e. The number of hydrogen-bond donors (Lipinski definition) is 5. The van der Waals surface area contributed by atoms with Gasteiger partial charge in [-0.2, -0.15) is 5.48 Å². The lowest BCUT2D eigenvalue weighted by Crippen LogP contribution is -2.44. The zero-order valence-electron chi connectivity index (χ0n) is 9.15. The minimum atomic E-state index is -0.478. The number of nitrogens with one attached hydrogen (secondary N) is 1. The first-order valence-corrected chi connectivity index (χ1v) is 5.48.